The number of para-hydroxylation sites is 1. The molecule has 0 heterocycles. The van der Waals surface area contributed by atoms with Crippen LogP contribution in [-0.4, -0.2) is 28.6 Å². The van der Waals surface area contributed by atoms with Crippen LogP contribution >= 0.6 is 0 Å². The summed E-state index contributed by atoms with van der Waals surface area (Å²) in [5.74, 6) is -1.01. The normalized spacial score (nSPS) is 9.68. The van der Waals surface area contributed by atoms with Crippen molar-refractivity contribution in [2.75, 3.05) is 6.54 Å². The van der Waals surface area contributed by atoms with E-state index in [-0.39, 0.29) is 25.2 Å². The molecule has 0 bridgehead atoms. The third kappa shape index (κ3) is 5.02. The molecule has 0 aliphatic rings. The van der Waals surface area contributed by atoms with E-state index in [0.717, 1.165) is 0 Å². The maximum Gasteiger partial charge on any atom is 0.315 e. The van der Waals surface area contributed by atoms with Crippen LogP contribution in [0.25, 0.3) is 0 Å². The van der Waals surface area contributed by atoms with Gasteiger partial charge in [-0.15, -0.1) is 0 Å². The molecule has 0 unspecified atom stereocenters. The van der Waals surface area contributed by atoms with Crippen molar-refractivity contribution in [1.29, 1.82) is 0 Å². The van der Waals surface area contributed by atoms with Crippen LogP contribution in [0.2, 0.25) is 0 Å². The number of amides is 2. The van der Waals surface area contributed by atoms with Gasteiger partial charge in [-0.2, -0.15) is 0 Å². The predicted octanol–water partition coefficient (Wildman–Crippen LogP) is 0.869. The number of carbonyl (C=O) groups is 2. The summed E-state index contributed by atoms with van der Waals surface area (Å²) < 4.78 is 0. The van der Waals surface area contributed by atoms with Crippen molar-refractivity contribution >= 4 is 17.7 Å². The van der Waals surface area contributed by atoms with Gasteiger partial charge in [0.2, 0.25) is 0 Å². The maximum atomic E-state index is 11.3. The molecule has 0 aliphatic carbocycles. The van der Waals surface area contributed by atoms with Crippen LogP contribution in [0.4, 0.5) is 10.5 Å². The molecular weight excluding hydrogens is 254 g/mol. The molecule has 0 radical (unpaired) electrons. The van der Waals surface area contributed by atoms with E-state index in [4.69, 9.17) is 5.11 Å². The molecule has 0 saturated heterocycles. The van der Waals surface area contributed by atoms with Crippen molar-refractivity contribution in [3.05, 3.63) is 39.9 Å². The first-order chi connectivity index (χ1) is 9.00. The summed E-state index contributed by atoms with van der Waals surface area (Å²) in [6.45, 7) is -0.00585. The fourth-order valence-electron chi connectivity index (χ4n) is 1.36. The lowest BCUT2D eigenvalue weighted by Crippen LogP contribution is -2.36. The van der Waals surface area contributed by atoms with E-state index in [1.165, 1.54) is 18.2 Å². The number of nitro benzene ring substituents is 1. The quantitative estimate of drug-likeness (QED) is 0.521. The van der Waals surface area contributed by atoms with Crippen LogP contribution in [0.3, 0.4) is 0 Å². The number of nitrogens with zero attached hydrogens (tertiary/aromatic N) is 1. The van der Waals surface area contributed by atoms with Gasteiger partial charge in [0.1, 0.15) is 0 Å². The summed E-state index contributed by atoms with van der Waals surface area (Å²) in [5.41, 5.74) is 0.300. The highest BCUT2D eigenvalue weighted by Gasteiger charge is 2.12. The number of hydrogen-bond donors (Lipinski definition) is 3. The monoisotopic (exact) mass is 267 g/mol. The summed E-state index contributed by atoms with van der Waals surface area (Å²) >= 11 is 0. The van der Waals surface area contributed by atoms with Gasteiger partial charge in [-0.3, -0.25) is 14.9 Å². The molecule has 8 heteroatoms. The summed E-state index contributed by atoms with van der Waals surface area (Å²) in [6, 6.07) is 5.48. The van der Waals surface area contributed by atoms with Gasteiger partial charge in [0.25, 0.3) is 5.69 Å². The minimum Gasteiger partial charge on any atom is -0.481 e. The number of urea groups is 1. The van der Waals surface area contributed by atoms with Gasteiger partial charge in [-0.05, 0) is 0 Å². The molecule has 0 spiro atoms. The molecule has 0 atom stereocenters. The van der Waals surface area contributed by atoms with Crippen LogP contribution in [-0.2, 0) is 11.3 Å². The Morgan fingerprint density at radius 2 is 1.95 bits per heavy atom. The highest BCUT2D eigenvalue weighted by Crippen LogP contribution is 2.16. The number of nitro groups is 1. The standard InChI is InChI=1S/C11H13N3O5/c15-10(16)5-6-12-11(17)13-7-8-3-1-2-4-9(8)14(18)19/h1-4H,5-7H2,(H,15,16)(H2,12,13,17). The molecule has 0 aliphatic heterocycles. The highest BCUT2D eigenvalue weighted by molar-refractivity contribution is 5.75. The Balaban J connectivity index is 2.46. The first-order valence-corrected chi connectivity index (χ1v) is 5.46. The van der Waals surface area contributed by atoms with Crippen molar-refractivity contribution in [3.63, 3.8) is 0 Å². The number of rotatable bonds is 6. The summed E-state index contributed by atoms with van der Waals surface area (Å²) in [4.78, 5) is 31.7. The average Bonchev–Trinajstić information content (AvgIpc) is 2.36. The topological polar surface area (TPSA) is 122 Å². The van der Waals surface area contributed by atoms with Gasteiger partial charge in [-0.1, -0.05) is 18.2 Å². The number of benzene rings is 1. The van der Waals surface area contributed by atoms with E-state index in [1.54, 1.807) is 6.07 Å². The van der Waals surface area contributed by atoms with Crippen molar-refractivity contribution in [3.8, 4) is 0 Å². The largest absolute Gasteiger partial charge is 0.481 e. The maximum absolute atomic E-state index is 11.3. The van der Waals surface area contributed by atoms with Gasteiger partial charge < -0.3 is 15.7 Å². The Morgan fingerprint density at radius 1 is 1.26 bits per heavy atom. The zero-order chi connectivity index (χ0) is 14.3. The lowest BCUT2D eigenvalue weighted by molar-refractivity contribution is -0.385. The van der Waals surface area contributed by atoms with Gasteiger partial charge in [0.05, 0.1) is 17.9 Å². The molecule has 3 N–H and O–H groups in total. The van der Waals surface area contributed by atoms with E-state index in [1.807, 2.05) is 0 Å². The number of hydrogen-bond acceptors (Lipinski definition) is 4. The molecule has 0 fully saturated rings. The second-order valence-corrected chi connectivity index (χ2v) is 3.64. The first-order valence-electron chi connectivity index (χ1n) is 5.46. The molecule has 0 saturated carbocycles. The molecular formula is C11H13N3O5. The van der Waals surface area contributed by atoms with E-state index in [9.17, 15) is 19.7 Å². The molecule has 2 amide bonds. The Labute approximate surface area is 108 Å². The Hall–Kier alpha value is -2.64. The minimum absolute atomic E-state index is 0.00193. The van der Waals surface area contributed by atoms with E-state index >= 15 is 0 Å². The zero-order valence-corrected chi connectivity index (χ0v) is 9.96. The van der Waals surface area contributed by atoms with Crippen LogP contribution in [0, 0.1) is 10.1 Å². The smallest absolute Gasteiger partial charge is 0.315 e. The lowest BCUT2D eigenvalue weighted by Gasteiger charge is -2.07. The highest BCUT2D eigenvalue weighted by atomic mass is 16.6. The average molecular weight is 267 g/mol. The van der Waals surface area contributed by atoms with E-state index in [2.05, 4.69) is 10.6 Å². The third-order valence-corrected chi connectivity index (χ3v) is 2.25. The molecule has 8 nitrogen and oxygen atoms in total. The SMILES string of the molecule is O=C(O)CCNC(=O)NCc1ccccc1[N+](=O)[O-]. The molecule has 1 rings (SSSR count). The van der Waals surface area contributed by atoms with Crippen molar-refractivity contribution in [2.45, 2.75) is 13.0 Å². The first kappa shape index (κ1) is 14.4. The van der Waals surface area contributed by atoms with Crippen molar-refractivity contribution in [1.82, 2.24) is 10.6 Å². The molecule has 19 heavy (non-hydrogen) atoms. The zero-order valence-electron chi connectivity index (χ0n) is 9.96. The van der Waals surface area contributed by atoms with Crippen molar-refractivity contribution < 1.29 is 19.6 Å². The van der Waals surface area contributed by atoms with Gasteiger partial charge in [0.15, 0.2) is 0 Å². The lowest BCUT2D eigenvalue weighted by atomic mass is 10.2. The molecule has 0 aromatic heterocycles. The van der Waals surface area contributed by atoms with Crippen LogP contribution in [0.5, 0.6) is 0 Å². The number of carboxylic acids is 1. The third-order valence-electron chi connectivity index (χ3n) is 2.25. The van der Waals surface area contributed by atoms with Gasteiger partial charge in [0, 0.05) is 18.2 Å². The molecule has 1 aromatic carbocycles. The van der Waals surface area contributed by atoms with Gasteiger partial charge >= 0.3 is 12.0 Å². The minimum atomic E-state index is -1.01. The number of carboxylic acid groups (broad SMARTS) is 1. The predicted molar refractivity (Wildman–Crippen MR) is 65.6 cm³/mol. The number of nitrogens with one attached hydrogen (secondary N) is 2. The number of carbonyl (C=O) groups excluding carboxylic acids is 1. The summed E-state index contributed by atoms with van der Waals surface area (Å²) in [5, 5.41) is 23.9. The summed E-state index contributed by atoms with van der Waals surface area (Å²) in [6.07, 6.45) is -0.182. The van der Waals surface area contributed by atoms with Gasteiger partial charge in [-0.25, -0.2) is 4.79 Å². The molecule has 1 aromatic rings. The fraction of sp³-hybridized carbons (Fsp3) is 0.273. The second-order valence-electron chi connectivity index (χ2n) is 3.64. The van der Waals surface area contributed by atoms with E-state index in [0.29, 0.717) is 5.56 Å². The summed E-state index contributed by atoms with van der Waals surface area (Å²) in [7, 11) is 0. The van der Waals surface area contributed by atoms with Crippen molar-refractivity contribution in [2.24, 2.45) is 0 Å². The Kier molecular flexibility index (Phi) is 5.27. The molecule has 102 valence electrons. The second kappa shape index (κ2) is 6.94. The Morgan fingerprint density at radius 3 is 2.58 bits per heavy atom. The Bertz CT molecular complexity index is 489. The number of aliphatic carboxylic acids is 1. The van der Waals surface area contributed by atoms with Crippen LogP contribution in [0.15, 0.2) is 24.3 Å². The fourth-order valence-corrected chi connectivity index (χ4v) is 1.36. The van der Waals surface area contributed by atoms with Crippen LogP contribution < -0.4 is 10.6 Å². The van der Waals surface area contributed by atoms with E-state index < -0.39 is 16.9 Å². The van der Waals surface area contributed by atoms with Crippen LogP contribution in [0.1, 0.15) is 12.0 Å².